The fourth-order valence-electron chi connectivity index (χ4n) is 6.07. The number of hydrogen-bond acceptors (Lipinski definition) is 6. The van der Waals surface area contributed by atoms with Gasteiger partial charge in [0, 0.05) is 12.1 Å². The van der Waals surface area contributed by atoms with Crippen molar-refractivity contribution in [3.63, 3.8) is 0 Å². The highest BCUT2D eigenvalue weighted by Crippen LogP contribution is 2.56. The van der Waals surface area contributed by atoms with E-state index in [0.29, 0.717) is 45.7 Å². The number of rotatable bonds is 6. The Labute approximate surface area is 250 Å². The third-order valence-corrected chi connectivity index (χ3v) is 8.11. The van der Waals surface area contributed by atoms with Crippen molar-refractivity contribution < 1.29 is 9.47 Å². The lowest BCUT2D eigenvalue weighted by atomic mass is 9.68. The molecule has 0 aromatic heterocycles. The molecule has 6 nitrogen and oxygen atoms in total. The highest BCUT2D eigenvalue weighted by atomic mass is 16.5. The Morgan fingerprint density at radius 3 is 1.14 bits per heavy atom. The Kier molecular flexibility index (Phi) is 6.17. The molecule has 6 aromatic rings. The highest BCUT2D eigenvalue weighted by molar-refractivity contribution is 5.86. The van der Waals surface area contributed by atoms with Crippen LogP contribution in [0, 0.1) is 0 Å². The molecule has 0 bridgehead atoms. The van der Waals surface area contributed by atoms with E-state index in [9.17, 15) is 0 Å². The second-order valence-corrected chi connectivity index (χ2v) is 10.7. The molecule has 210 valence electrons. The van der Waals surface area contributed by atoms with E-state index < -0.39 is 5.41 Å². The quantitative estimate of drug-likeness (QED) is 0.153. The molecule has 0 fully saturated rings. The maximum Gasteiger partial charge on any atom is 0.129 e. The van der Waals surface area contributed by atoms with Crippen LogP contribution in [0.3, 0.4) is 0 Å². The van der Waals surface area contributed by atoms with Gasteiger partial charge in [0.05, 0.1) is 28.2 Å². The van der Waals surface area contributed by atoms with Crippen LogP contribution < -0.4 is 32.4 Å². The fourth-order valence-corrected chi connectivity index (χ4v) is 6.07. The van der Waals surface area contributed by atoms with Crippen molar-refractivity contribution in [1.29, 1.82) is 0 Å². The van der Waals surface area contributed by atoms with E-state index in [1.807, 2.05) is 36.4 Å². The largest absolute Gasteiger partial charge is 0.457 e. The Hall–Kier alpha value is -5.88. The predicted molar refractivity (Wildman–Crippen MR) is 174 cm³/mol. The minimum atomic E-state index is -0.554. The molecule has 43 heavy (non-hydrogen) atoms. The van der Waals surface area contributed by atoms with Crippen LogP contribution in [0.5, 0.6) is 23.0 Å². The van der Waals surface area contributed by atoms with Crippen molar-refractivity contribution in [2.45, 2.75) is 5.41 Å². The monoisotopic (exact) mass is 562 g/mol. The van der Waals surface area contributed by atoms with Gasteiger partial charge in [-0.25, -0.2) is 0 Å². The van der Waals surface area contributed by atoms with Crippen LogP contribution in [-0.2, 0) is 5.41 Å². The summed E-state index contributed by atoms with van der Waals surface area (Å²) in [4.78, 5) is 0. The molecule has 0 amide bonds. The zero-order valence-corrected chi connectivity index (χ0v) is 23.3. The summed E-state index contributed by atoms with van der Waals surface area (Å²) >= 11 is 0. The van der Waals surface area contributed by atoms with Crippen molar-refractivity contribution in [2.24, 2.45) is 0 Å². The van der Waals surface area contributed by atoms with Gasteiger partial charge >= 0.3 is 0 Å². The summed E-state index contributed by atoms with van der Waals surface area (Å²) in [6, 6.07) is 44.3. The maximum absolute atomic E-state index is 6.13. The van der Waals surface area contributed by atoms with Crippen LogP contribution in [-0.4, -0.2) is 0 Å². The molecule has 0 aliphatic heterocycles. The van der Waals surface area contributed by atoms with Gasteiger partial charge in [0.1, 0.15) is 23.0 Å². The summed E-state index contributed by atoms with van der Waals surface area (Å²) in [5.74, 6) is 2.66. The van der Waals surface area contributed by atoms with Crippen molar-refractivity contribution in [3.05, 3.63) is 156 Å². The van der Waals surface area contributed by atoms with Crippen LogP contribution in [0.2, 0.25) is 0 Å². The van der Waals surface area contributed by atoms with Crippen molar-refractivity contribution in [3.8, 4) is 34.1 Å². The molecule has 6 heteroatoms. The number of hydrogen-bond donors (Lipinski definition) is 4. The van der Waals surface area contributed by atoms with Gasteiger partial charge in [-0.1, -0.05) is 72.8 Å². The van der Waals surface area contributed by atoms with E-state index in [2.05, 4.69) is 72.8 Å². The van der Waals surface area contributed by atoms with Crippen LogP contribution >= 0.6 is 0 Å². The van der Waals surface area contributed by atoms with Gasteiger partial charge in [-0.05, 0) is 81.9 Å². The fraction of sp³-hybridized carbons (Fsp3) is 0.0270. The zero-order chi connectivity index (χ0) is 29.6. The first-order valence-corrected chi connectivity index (χ1v) is 14.0. The summed E-state index contributed by atoms with van der Waals surface area (Å²) in [6.07, 6.45) is 0. The predicted octanol–water partition coefficient (Wildman–Crippen LogP) is 7.96. The van der Waals surface area contributed by atoms with E-state index in [0.717, 1.165) is 11.1 Å². The maximum atomic E-state index is 6.13. The SMILES string of the molecule is Nc1ccc(Oc2ccc(C3(c4ccc(Oc5ccc(N)c(N)c5)cc4)c4ccccc4-c4ccccc43)cc2)cc1N. The van der Waals surface area contributed by atoms with Crippen molar-refractivity contribution >= 4 is 22.7 Å². The summed E-state index contributed by atoms with van der Waals surface area (Å²) in [6.45, 7) is 0. The van der Waals surface area contributed by atoms with E-state index >= 15 is 0 Å². The molecule has 0 saturated carbocycles. The summed E-state index contributed by atoms with van der Waals surface area (Å²) in [5.41, 5.74) is 32.3. The Morgan fingerprint density at radius 2 is 0.744 bits per heavy atom. The van der Waals surface area contributed by atoms with Gasteiger partial charge in [-0.3, -0.25) is 0 Å². The standard InChI is InChI=1S/C37H30N4O2/c38-33-19-17-27(21-35(33)40)42-25-13-9-23(10-14-25)37(31-7-3-1-5-29(31)30-6-2-4-8-32(30)37)24-11-15-26(16-12-24)43-28-18-20-34(39)36(41)22-28/h1-22H,38-41H2. The lowest BCUT2D eigenvalue weighted by Gasteiger charge is -2.34. The van der Waals surface area contributed by atoms with Crippen LogP contribution in [0.4, 0.5) is 22.7 Å². The minimum Gasteiger partial charge on any atom is -0.457 e. The van der Waals surface area contributed by atoms with Crippen molar-refractivity contribution in [2.75, 3.05) is 22.9 Å². The first-order chi connectivity index (χ1) is 20.9. The van der Waals surface area contributed by atoms with E-state index in [-0.39, 0.29) is 0 Å². The van der Waals surface area contributed by atoms with E-state index in [1.165, 1.54) is 22.3 Å². The molecule has 8 N–H and O–H groups in total. The first kappa shape index (κ1) is 26.0. The molecule has 0 saturated heterocycles. The molecule has 0 unspecified atom stereocenters. The molecular formula is C37H30N4O2. The molecule has 1 aliphatic carbocycles. The summed E-state index contributed by atoms with van der Waals surface area (Å²) in [7, 11) is 0. The molecule has 1 aliphatic rings. The molecule has 0 radical (unpaired) electrons. The van der Waals surface area contributed by atoms with Crippen LogP contribution in [0.25, 0.3) is 11.1 Å². The molecular weight excluding hydrogens is 532 g/mol. The highest BCUT2D eigenvalue weighted by Gasteiger charge is 2.45. The van der Waals surface area contributed by atoms with Crippen LogP contribution in [0.1, 0.15) is 22.3 Å². The number of nitrogens with two attached hydrogens (primary N) is 4. The Bertz CT molecular complexity index is 1820. The van der Waals surface area contributed by atoms with Crippen LogP contribution in [0.15, 0.2) is 133 Å². The Morgan fingerprint density at radius 1 is 0.372 bits per heavy atom. The smallest absolute Gasteiger partial charge is 0.129 e. The average Bonchev–Trinajstić information content (AvgIpc) is 3.33. The minimum absolute atomic E-state index is 0.486. The third-order valence-electron chi connectivity index (χ3n) is 8.11. The van der Waals surface area contributed by atoms with Gasteiger partial charge in [0.15, 0.2) is 0 Å². The average molecular weight is 563 g/mol. The molecule has 7 rings (SSSR count). The second kappa shape index (κ2) is 10.2. The number of benzene rings is 6. The topological polar surface area (TPSA) is 123 Å². The van der Waals surface area contributed by atoms with Crippen molar-refractivity contribution in [1.82, 2.24) is 0 Å². The van der Waals surface area contributed by atoms with E-state index in [1.54, 1.807) is 24.3 Å². The molecule has 6 aromatic carbocycles. The second-order valence-electron chi connectivity index (χ2n) is 10.7. The number of fused-ring (bicyclic) bond motifs is 3. The zero-order valence-electron chi connectivity index (χ0n) is 23.3. The summed E-state index contributed by atoms with van der Waals surface area (Å²) in [5, 5.41) is 0. The lowest BCUT2D eigenvalue weighted by Crippen LogP contribution is -2.28. The Balaban J connectivity index is 1.33. The van der Waals surface area contributed by atoms with E-state index in [4.69, 9.17) is 32.4 Å². The molecule has 0 atom stereocenters. The number of anilines is 4. The number of nitrogen functional groups attached to an aromatic ring is 4. The third kappa shape index (κ3) is 4.37. The number of ether oxygens (including phenoxy) is 2. The van der Waals surface area contributed by atoms with Gasteiger partial charge in [-0.2, -0.15) is 0 Å². The first-order valence-electron chi connectivity index (χ1n) is 14.0. The van der Waals surface area contributed by atoms with Gasteiger partial charge in [0.25, 0.3) is 0 Å². The molecule has 0 heterocycles. The van der Waals surface area contributed by atoms with Gasteiger partial charge in [0.2, 0.25) is 0 Å². The summed E-state index contributed by atoms with van der Waals surface area (Å²) < 4.78 is 12.3. The molecule has 0 spiro atoms. The van der Waals surface area contributed by atoms with Gasteiger partial charge in [-0.15, -0.1) is 0 Å². The lowest BCUT2D eigenvalue weighted by molar-refractivity contribution is 0.482. The van der Waals surface area contributed by atoms with Gasteiger partial charge < -0.3 is 32.4 Å². The normalized spacial score (nSPS) is 12.7.